The van der Waals surface area contributed by atoms with E-state index >= 15 is 0 Å². The summed E-state index contributed by atoms with van der Waals surface area (Å²) in [6, 6.07) is 0. The summed E-state index contributed by atoms with van der Waals surface area (Å²) >= 11 is 0. The number of ether oxygens (including phenoxy) is 2. The molecule has 0 aromatic heterocycles. The van der Waals surface area contributed by atoms with Crippen LogP contribution in [0.3, 0.4) is 0 Å². The molecule has 0 aromatic carbocycles. The molecule has 5 nitrogen and oxygen atoms in total. The van der Waals surface area contributed by atoms with Gasteiger partial charge >= 0.3 is 6.09 Å². The zero-order valence-corrected chi connectivity index (χ0v) is 11.7. The van der Waals surface area contributed by atoms with Crippen LogP contribution >= 0.6 is 0 Å². The fourth-order valence-corrected chi connectivity index (χ4v) is 1.65. The second kappa shape index (κ2) is 6.81. The van der Waals surface area contributed by atoms with Gasteiger partial charge in [0.1, 0.15) is 5.60 Å². The maximum absolute atomic E-state index is 11.8. The standard InChI is InChI=1S/C11H21NO3.CH4O/c1-8-6-12(7-9(2)14-8)10(13)15-11(3,4)5;1-2/h8-9H,6-7H2,1-5H3;2H,1H3. The lowest BCUT2D eigenvalue weighted by atomic mass is 10.2. The van der Waals surface area contributed by atoms with Crippen molar-refractivity contribution in [2.45, 2.75) is 52.4 Å². The molecule has 2 unspecified atom stereocenters. The van der Waals surface area contributed by atoms with E-state index in [9.17, 15) is 4.79 Å². The topological polar surface area (TPSA) is 59.0 Å². The number of nitrogens with zero attached hydrogens (tertiary/aromatic N) is 1. The molecule has 1 N–H and O–H groups in total. The Morgan fingerprint density at radius 3 is 2.00 bits per heavy atom. The molecule has 1 heterocycles. The predicted molar refractivity (Wildman–Crippen MR) is 66.0 cm³/mol. The van der Waals surface area contributed by atoms with Crippen LogP contribution < -0.4 is 0 Å². The summed E-state index contributed by atoms with van der Waals surface area (Å²) in [6.45, 7) is 10.8. The molecule has 0 aromatic rings. The summed E-state index contributed by atoms with van der Waals surface area (Å²) in [7, 11) is 1.00. The van der Waals surface area contributed by atoms with Gasteiger partial charge in [-0.1, -0.05) is 0 Å². The summed E-state index contributed by atoms with van der Waals surface area (Å²) in [5.41, 5.74) is -0.429. The molecule has 0 aliphatic carbocycles. The molecule has 1 aliphatic heterocycles. The Labute approximate surface area is 104 Å². The third kappa shape index (κ3) is 6.48. The van der Waals surface area contributed by atoms with E-state index in [1.54, 1.807) is 4.90 Å². The summed E-state index contributed by atoms with van der Waals surface area (Å²) < 4.78 is 10.9. The SMILES string of the molecule is CC1CN(C(=O)OC(C)(C)C)CC(C)O1.CO. The van der Waals surface area contributed by atoms with Crippen LogP contribution in [0.2, 0.25) is 0 Å². The van der Waals surface area contributed by atoms with Gasteiger partial charge in [-0.3, -0.25) is 0 Å². The van der Waals surface area contributed by atoms with Gasteiger partial charge < -0.3 is 19.5 Å². The Morgan fingerprint density at radius 2 is 1.65 bits per heavy atom. The van der Waals surface area contributed by atoms with Gasteiger partial charge in [0.15, 0.2) is 0 Å². The molecule has 1 aliphatic rings. The van der Waals surface area contributed by atoms with Gasteiger partial charge in [0.25, 0.3) is 0 Å². The number of aliphatic hydroxyl groups is 1. The molecular weight excluding hydrogens is 222 g/mol. The number of morpholine rings is 1. The molecule has 0 saturated carbocycles. The summed E-state index contributed by atoms with van der Waals surface area (Å²) in [5.74, 6) is 0. The van der Waals surface area contributed by atoms with Gasteiger partial charge in [-0.2, -0.15) is 0 Å². The first-order chi connectivity index (χ1) is 7.78. The fraction of sp³-hybridized carbons (Fsp3) is 0.917. The predicted octanol–water partition coefficient (Wildman–Crippen LogP) is 1.64. The van der Waals surface area contributed by atoms with Crippen LogP contribution in [0.4, 0.5) is 4.79 Å². The number of amides is 1. The lowest BCUT2D eigenvalue weighted by Gasteiger charge is -2.36. The van der Waals surface area contributed by atoms with E-state index in [0.29, 0.717) is 13.1 Å². The summed E-state index contributed by atoms with van der Waals surface area (Å²) in [6.07, 6.45) is -0.0768. The number of rotatable bonds is 0. The van der Waals surface area contributed by atoms with Crippen LogP contribution in [-0.2, 0) is 9.47 Å². The van der Waals surface area contributed by atoms with E-state index in [0.717, 1.165) is 7.11 Å². The highest BCUT2D eigenvalue weighted by molar-refractivity contribution is 5.68. The van der Waals surface area contributed by atoms with Gasteiger partial charge in [-0.15, -0.1) is 0 Å². The lowest BCUT2D eigenvalue weighted by molar-refractivity contribution is -0.0724. The number of carbonyl (C=O) groups is 1. The normalized spacial score (nSPS) is 24.8. The van der Waals surface area contributed by atoms with Crippen LogP contribution in [-0.4, -0.2) is 54.1 Å². The largest absolute Gasteiger partial charge is 0.444 e. The van der Waals surface area contributed by atoms with Crippen LogP contribution in [0.15, 0.2) is 0 Å². The average molecular weight is 247 g/mol. The highest BCUT2D eigenvalue weighted by Crippen LogP contribution is 2.15. The Morgan fingerprint density at radius 1 is 1.24 bits per heavy atom. The van der Waals surface area contributed by atoms with Crippen molar-refractivity contribution in [2.24, 2.45) is 0 Å². The highest BCUT2D eigenvalue weighted by Gasteiger charge is 2.29. The maximum Gasteiger partial charge on any atom is 0.410 e. The molecule has 1 amide bonds. The number of hydrogen-bond donors (Lipinski definition) is 1. The minimum absolute atomic E-state index is 0.0845. The molecule has 102 valence electrons. The summed E-state index contributed by atoms with van der Waals surface area (Å²) in [5, 5.41) is 7.00. The van der Waals surface area contributed by atoms with E-state index in [1.807, 2.05) is 34.6 Å². The quantitative estimate of drug-likeness (QED) is 0.707. The minimum Gasteiger partial charge on any atom is -0.444 e. The molecule has 2 atom stereocenters. The van der Waals surface area contributed by atoms with Crippen molar-refractivity contribution in [2.75, 3.05) is 20.2 Å². The van der Waals surface area contributed by atoms with Crippen molar-refractivity contribution in [3.05, 3.63) is 0 Å². The van der Waals surface area contributed by atoms with Crippen molar-refractivity contribution in [3.8, 4) is 0 Å². The average Bonchev–Trinajstić information content (AvgIpc) is 2.16. The Kier molecular flexibility index (Phi) is 6.49. The molecular formula is C12H25NO4. The number of hydrogen-bond acceptors (Lipinski definition) is 4. The third-order valence-electron chi connectivity index (χ3n) is 2.07. The van der Waals surface area contributed by atoms with Gasteiger partial charge in [0, 0.05) is 7.11 Å². The second-order valence-corrected chi connectivity index (χ2v) is 5.14. The van der Waals surface area contributed by atoms with Crippen molar-refractivity contribution >= 4 is 6.09 Å². The van der Waals surface area contributed by atoms with E-state index in [1.165, 1.54) is 0 Å². The van der Waals surface area contributed by atoms with Crippen molar-refractivity contribution in [1.82, 2.24) is 4.90 Å². The third-order valence-corrected chi connectivity index (χ3v) is 2.07. The Hall–Kier alpha value is -0.810. The Balaban J connectivity index is 0.00000121. The molecule has 1 fully saturated rings. The van der Waals surface area contributed by atoms with Crippen LogP contribution in [0.5, 0.6) is 0 Å². The molecule has 1 rings (SSSR count). The van der Waals surface area contributed by atoms with E-state index in [-0.39, 0.29) is 18.3 Å². The molecule has 0 radical (unpaired) electrons. The van der Waals surface area contributed by atoms with Crippen LogP contribution in [0.1, 0.15) is 34.6 Å². The van der Waals surface area contributed by atoms with Crippen molar-refractivity contribution in [3.63, 3.8) is 0 Å². The fourth-order valence-electron chi connectivity index (χ4n) is 1.65. The molecule has 0 bridgehead atoms. The molecule has 5 heteroatoms. The van der Waals surface area contributed by atoms with Crippen molar-refractivity contribution < 1.29 is 19.4 Å². The first-order valence-electron chi connectivity index (χ1n) is 5.86. The van der Waals surface area contributed by atoms with E-state index in [2.05, 4.69) is 0 Å². The molecule has 0 spiro atoms. The number of carbonyl (C=O) groups excluding carboxylic acids is 1. The molecule has 17 heavy (non-hydrogen) atoms. The highest BCUT2D eigenvalue weighted by atomic mass is 16.6. The second-order valence-electron chi connectivity index (χ2n) is 5.14. The van der Waals surface area contributed by atoms with Gasteiger partial charge in [-0.05, 0) is 34.6 Å². The smallest absolute Gasteiger partial charge is 0.410 e. The first kappa shape index (κ1) is 16.2. The van der Waals surface area contributed by atoms with Crippen LogP contribution in [0, 0.1) is 0 Å². The van der Waals surface area contributed by atoms with Gasteiger partial charge in [0.2, 0.25) is 0 Å². The Bertz CT molecular complexity index is 227. The van der Waals surface area contributed by atoms with E-state index in [4.69, 9.17) is 14.6 Å². The monoisotopic (exact) mass is 247 g/mol. The van der Waals surface area contributed by atoms with Crippen LogP contribution in [0.25, 0.3) is 0 Å². The van der Waals surface area contributed by atoms with Crippen molar-refractivity contribution in [1.29, 1.82) is 0 Å². The minimum atomic E-state index is -0.429. The zero-order chi connectivity index (χ0) is 13.6. The van der Waals surface area contributed by atoms with Gasteiger partial charge in [-0.25, -0.2) is 4.79 Å². The zero-order valence-electron chi connectivity index (χ0n) is 11.7. The van der Waals surface area contributed by atoms with E-state index < -0.39 is 5.60 Å². The first-order valence-corrected chi connectivity index (χ1v) is 5.86. The lowest BCUT2D eigenvalue weighted by Crippen LogP contribution is -2.49. The maximum atomic E-state index is 11.8. The summed E-state index contributed by atoms with van der Waals surface area (Å²) in [4.78, 5) is 13.5. The van der Waals surface area contributed by atoms with Gasteiger partial charge in [0.05, 0.1) is 25.3 Å². The molecule has 1 saturated heterocycles. The number of aliphatic hydroxyl groups excluding tert-OH is 1.